The third kappa shape index (κ3) is 5.19. The third-order valence-corrected chi connectivity index (χ3v) is 5.99. The van der Waals surface area contributed by atoms with Crippen LogP contribution in [0.15, 0.2) is 53.7 Å². The van der Waals surface area contributed by atoms with E-state index in [1.165, 1.54) is 5.56 Å². The van der Waals surface area contributed by atoms with E-state index in [0.29, 0.717) is 35.3 Å². The number of fused-ring (bicyclic) bond motifs is 1. The van der Waals surface area contributed by atoms with E-state index in [1.807, 2.05) is 39.0 Å². The average molecular weight is 492 g/mol. The Labute approximate surface area is 211 Å². The van der Waals surface area contributed by atoms with Crippen LogP contribution in [0.2, 0.25) is 0 Å². The van der Waals surface area contributed by atoms with E-state index in [9.17, 15) is 4.79 Å². The molecule has 2 heterocycles. The monoisotopic (exact) mass is 491 g/mol. The van der Waals surface area contributed by atoms with Crippen LogP contribution in [0.5, 0.6) is 11.5 Å². The van der Waals surface area contributed by atoms with Crippen molar-refractivity contribution in [1.29, 1.82) is 0 Å². The lowest BCUT2D eigenvalue weighted by atomic mass is 9.87. The smallest absolute Gasteiger partial charge is 0.338 e. The van der Waals surface area contributed by atoms with Crippen molar-refractivity contribution < 1.29 is 19.0 Å². The van der Waals surface area contributed by atoms with Crippen LogP contribution in [0.4, 0.5) is 5.95 Å². The topological polar surface area (TPSA) is 100 Å². The number of hydrogen-bond acceptors (Lipinski definition) is 8. The SMILES string of the molecule is COc1cc(C2C(C(=O)OC(C)C)=C(C)Nc3nnnn32)ccc1OCc1ccc(C(C)(C)C)cc1. The molecule has 3 aromatic rings. The Morgan fingerprint density at radius 2 is 1.83 bits per heavy atom. The number of allylic oxidation sites excluding steroid dienone is 1. The molecule has 0 spiro atoms. The summed E-state index contributed by atoms with van der Waals surface area (Å²) in [4.78, 5) is 13.0. The summed E-state index contributed by atoms with van der Waals surface area (Å²) in [5.41, 5.74) is 4.25. The Balaban J connectivity index is 1.62. The molecule has 1 aromatic heterocycles. The van der Waals surface area contributed by atoms with E-state index in [4.69, 9.17) is 14.2 Å². The van der Waals surface area contributed by atoms with Crippen molar-refractivity contribution in [3.8, 4) is 11.5 Å². The molecule has 1 atom stereocenters. The Kier molecular flexibility index (Phi) is 7.01. The van der Waals surface area contributed by atoms with Gasteiger partial charge >= 0.3 is 5.97 Å². The molecule has 9 nitrogen and oxygen atoms in total. The first kappa shape index (κ1) is 25.2. The zero-order valence-electron chi connectivity index (χ0n) is 21.8. The van der Waals surface area contributed by atoms with Gasteiger partial charge in [0.2, 0.25) is 5.95 Å². The van der Waals surface area contributed by atoms with Gasteiger partial charge in [0.1, 0.15) is 12.6 Å². The Morgan fingerprint density at radius 1 is 1.11 bits per heavy atom. The van der Waals surface area contributed by atoms with Gasteiger partial charge < -0.3 is 19.5 Å². The molecule has 0 radical (unpaired) electrons. The summed E-state index contributed by atoms with van der Waals surface area (Å²) in [6, 6.07) is 13.4. The van der Waals surface area contributed by atoms with E-state index in [2.05, 4.69) is 65.9 Å². The molecule has 4 rings (SSSR count). The highest BCUT2D eigenvalue weighted by Crippen LogP contribution is 2.39. The van der Waals surface area contributed by atoms with Gasteiger partial charge in [0, 0.05) is 5.70 Å². The number of methoxy groups -OCH3 is 1. The van der Waals surface area contributed by atoms with E-state index < -0.39 is 12.0 Å². The van der Waals surface area contributed by atoms with E-state index in [0.717, 1.165) is 11.1 Å². The first-order valence-corrected chi connectivity index (χ1v) is 11.9. The molecule has 1 aliphatic heterocycles. The van der Waals surface area contributed by atoms with Crippen molar-refractivity contribution in [2.45, 2.75) is 65.7 Å². The number of nitrogens with one attached hydrogen (secondary N) is 1. The maximum atomic E-state index is 13.0. The molecule has 36 heavy (non-hydrogen) atoms. The van der Waals surface area contributed by atoms with Gasteiger partial charge in [0.05, 0.1) is 18.8 Å². The second-order valence-electron chi connectivity index (χ2n) is 10.1. The Morgan fingerprint density at radius 3 is 2.47 bits per heavy atom. The summed E-state index contributed by atoms with van der Waals surface area (Å²) in [5.74, 6) is 1.15. The lowest BCUT2D eigenvalue weighted by Crippen LogP contribution is -2.30. The number of nitrogens with zero attached hydrogens (tertiary/aromatic N) is 4. The van der Waals surface area contributed by atoms with Crippen LogP contribution >= 0.6 is 0 Å². The first-order valence-electron chi connectivity index (χ1n) is 11.9. The lowest BCUT2D eigenvalue weighted by Gasteiger charge is -2.28. The van der Waals surface area contributed by atoms with E-state index in [-0.39, 0.29) is 11.5 Å². The van der Waals surface area contributed by atoms with Gasteiger partial charge in [-0.25, -0.2) is 4.79 Å². The van der Waals surface area contributed by atoms with Crippen molar-refractivity contribution in [1.82, 2.24) is 20.2 Å². The number of carbonyl (C=O) groups excluding carboxylic acids is 1. The molecular weight excluding hydrogens is 458 g/mol. The molecule has 1 N–H and O–H groups in total. The largest absolute Gasteiger partial charge is 0.493 e. The number of carbonyl (C=O) groups is 1. The molecule has 0 amide bonds. The van der Waals surface area contributed by atoms with Crippen molar-refractivity contribution in [3.63, 3.8) is 0 Å². The molecule has 9 heteroatoms. The van der Waals surface area contributed by atoms with Crippen LogP contribution in [-0.4, -0.2) is 39.4 Å². The number of rotatable bonds is 7. The van der Waals surface area contributed by atoms with Crippen molar-refractivity contribution in [2.75, 3.05) is 12.4 Å². The predicted octanol–water partition coefficient (Wildman–Crippen LogP) is 4.80. The molecule has 0 bridgehead atoms. The summed E-state index contributed by atoms with van der Waals surface area (Å²) in [6.07, 6.45) is -0.267. The molecule has 0 fully saturated rings. The highest BCUT2D eigenvalue weighted by atomic mass is 16.5. The van der Waals surface area contributed by atoms with Crippen LogP contribution in [0.25, 0.3) is 0 Å². The van der Waals surface area contributed by atoms with Crippen molar-refractivity contribution >= 4 is 11.9 Å². The number of benzene rings is 2. The lowest BCUT2D eigenvalue weighted by molar-refractivity contribution is -0.143. The Bertz CT molecular complexity index is 1270. The van der Waals surface area contributed by atoms with Gasteiger partial charge in [-0.15, -0.1) is 0 Å². The standard InChI is InChI=1S/C27H33N5O4/c1-16(2)36-25(33)23-17(3)28-26-29-30-31-32(26)24(23)19-10-13-21(22(14-19)34-7)35-15-18-8-11-20(12-9-18)27(4,5)6/h8-14,16,24H,15H2,1-7H3,(H,28,29,31). The van der Waals surface area contributed by atoms with Gasteiger partial charge in [-0.3, -0.25) is 0 Å². The van der Waals surface area contributed by atoms with E-state index in [1.54, 1.807) is 11.8 Å². The highest BCUT2D eigenvalue weighted by molar-refractivity contribution is 5.92. The summed E-state index contributed by atoms with van der Waals surface area (Å²) in [6.45, 7) is 12.4. The maximum Gasteiger partial charge on any atom is 0.338 e. The predicted molar refractivity (Wildman–Crippen MR) is 136 cm³/mol. The van der Waals surface area contributed by atoms with Crippen LogP contribution in [-0.2, 0) is 21.6 Å². The van der Waals surface area contributed by atoms with E-state index >= 15 is 0 Å². The van der Waals surface area contributed by atoms with Crippen LogP contribution in [0.1, 0.15) is 64.3 Å². The zero-order valence-corrected chi connectivity index (χ0v) is 21.8. The molecule has 0 aliphatic carbocycles. The fourth-order valence-electron chi connectivity index (χ4n) is 4.10. The van der Waals surface area contributed by atoms with Gasteiger partial charge in [-0.2, -0.15) is 4.68 Å². The molecule has 1 aliphatic rings. The van der Waals surface area contributed by atoms with Crippen molar-refractivity contribution in [3.05, 3.63) is 70.4 Å². The third-order valence-electron chi connectivity index (χ3n) is 5.99. The molecule has 190 valence electrons. The summed E-state index contributed by atoms with van der Waals surface area (Å²) < 4.78 is 18.8. The minimum Gasteiger partial charge on any atom is -0.493 e. The molecular formula is C27H33N5O4. The number of hydrogen-bond donors (Lipinski definition) is 1. The zero-order chi connectivity index (χ0) is 26.0. The summed E-state index contributed by atoms with van der Waals surface area (Å²) >= 11 is 0. The molecule has 0 saturated carbocycles. The Hall–Kier alpha value is -3.88. The summed E-state index contributed by atoms with van der Waals surface area (Å²) in [7, 11) is 1.59. The second kappa shape index (κ2) is 10.0. The number of ether oxygens (including phenoxy) is 3. The minimum atomic E-state index is -0.588. The highest BCUT2D eigenvalue weighted by Gasteiger charge is 2.35. The molecule has 0 saturated heterocycles. The van der Waals surface area contributed by atoms with Crippen LogP contribution < -0.4 is 14.8 Å². The molecule has 2 aromatic carbocycles. The fraction of sp³-hybridized carbons (Fsp3) is 0.407. The normalized spacial score (nSPS) is 15.4. The van der Waals surface area contributed by atoms with Gasteiger partial charge in [0.25, 0.3) is 0 Å². The van der Waals surface area contributed by atoms with Gasteiger partial charge in [0.15, 0.2) is 11.5 Å². The van der Waals surface area contributed by atoms with Gasteiger partial charge in [-0.05, 0) is 65.4 Å². The number of esters is 1. The van der Waals surface area contributed by atoms with Crippen LogP contribution in [0, 0.1) is 0 Å². The summed E-state index contributed by atoms with van der Waals surface area (Å²) in [5, 5.41) is 15.0. The quantitative estimate of drug-likeness (QED) is 0.471. The van der Waals surface area contributed by atoms with Crippen LogP contribution in [0.3, 0.4) is 0 Å². The maximum absolute atomic E-state index is 13.0. The number of aromatic nitrogens is 4. The van der Waals surface area contributed by atoms with Crippen molar-refractivity contribution in [2.24, 2.45) is 0 Å². The van der Waals surface area contributed by atoms with Gasteiger partial charge in [-0.1, -0.05) is 56.2 Å². The fourth-order valence-corrected chi connectivity index (χ4v) is 4.10. The first-order chi connectivity index (χ1) is 17.1. The average Bonchev–Trinajstić information content (AvgIpc) is 3.29. The minimum absolute atomic E-state index is 0.0970. The number of anilines is 1. The second-order valence-corrected chi connectivity index (χ2v) is 10.1. The molecule has 1 unspecified atom stereocenters. The number of tetrazole rings is 1.